The summed E-state index contributed by atoms with van der Waals surface area (Å²) >= 11 is 0. The summed E-state index contributed by atoms with van der Waals surface area (Å²) < 4.78 is 0. The fourth-order valence-corrected chi connectivity index (χ4v) is 0.841. The van der Waals surface area contributed by atoms with E-state index in [2.05, 4.69) is 9.97 Å². The van der Waals surface area contributed by atoms with Crippen LogP contribution in [0, 0.1) is 10.8 Å². The van der Waals surface area contributed by atoms with Crippen LogP contribution in [0.1, 0.15) is 25.6 Å². The zero-order valence-electron chi connectivity index (χ0n) is 6.31. The number of aromatic nitrogens is 2. The van der Waals surface area contributed by atoms with E-state index >= 15 is 0 Å². The molecule has 0 aliphatic rings. The summed E-state index contributed by atoms with van der Waals surface area (Å²) in [6, 6.07) is 0. The molecular formula is C7H12N4. The van der Waals surface area contributed by atoms with Gasteiger partial charge in [0.25, 0.3) is 0 Å². The van der Waals surface area contributed by atoms with Crippen molar-refractivity contribution in [1.82, 2.24) is 9.97 Å². The van der Waals surface area contributed by atoms with Gasteiger partial charge in [0, 0.05) is 20.3 Å². The van der Waals surface area contributed by atoms with Crippen molar-refractivity contribution in [1.29, 1.82) is 10.8 Å². The van der Waals surface area contributed by atoms with Crippen molar-refractivity contribution in [2.45, 2.75) is 13.3 Å². The monoisotopic (exact) mass is 152 g/mol. The van der Waals surface area contributed by atoms with Crippen LogP contribution in [0.25, 0.3) is 0 Å². The van der Waals surface area contributed by atoms with E-state index in [0.717, 1.165) is 18.5 Å². The highest BCUT2D eigenvalue weighted by atomic mass is 14.9. The lowest BCUT2D eigenvalue weighted by molar-refractivity contribution is 0.987. The van der Waals surface area contributed by atoms with Crippen molar-refractivity contribution in [3.8, 4) is 0 Å². The molecule has 1 aromatic heterocycles. The van der Waals surface area contributed by atoms with Crippen LogP contribution in [0.15, 0.2) is 0 Å². The average molecular weight is 152 g/mol. The fraction of sp³-hybridized carbons (Fsp3) is 0.286. The van der Waals surface area contributed by atoms with E-state index in [4.69, 9.17) is 10.8 Å². The largest absolute Gasteiger partial charge is 0.341 e. The molecular weight excluding hydrogens is 140 g/mol. The minimum absolute atomic E-state index is 0. The fourth-order valence-electron chi connectivity index (χ4n) is 0.841. The van der Waals surface area contributed by atoms with E-state index in [1.165, 1.54) is 6.21 Å². The van der Waals surface area contributed by atoms with Crippen LogP contribution in [0.2, 0.25) is 0 Å². The Bertz CT molecular complexity index is 253. The molecule has 0 spiro atoms. The second-order valence-corrected chi connectivity index (χ2v) is 2.12. The molecule has 0 saturated heterocycles. The zero-order valence-corrected chi connectivity index (χ0v) is 6.31. The molecule has 1 aromatic rings. The summed E-state index contributed by atoms with van der Waals surface area (Å²) in [6.07, 6.45) is 3.12. The predicted octanol–water partition coefficient (Wildman–Crippen LogP) is 1.21. The zero-order chi connectivity index (χ0) is 8.27. The Morgan fingerprint density at radius 1 is 1.55 bits per heavy atom. The third-order valence-electron chi connectivity index (χ3n) is 1.43. The van der Waals surface area contributed by atoms with E-state index in [1.54, 1.807) is 0 Å². The smallest absolute Gasteiger partial charge is 0.108 e. The first-order chi connectivity index (χ1) is 5.31. The van der Waals surface area contributed by atoms with Gasteiger partial charge in [0.1, 0.15) is 11.5 Å². The second-order valence-electron chi connectivity index (χ2n) is 2.12. The molecule has 0 radical (unpaired) electrons. The number of hydrogen-bond acceptors (Lipinski definition) is 3. The van der Waals surface area contributed by atoms with Crippen LogP contribution in [0.4, 0.5) is 0 Å². The van der Waals surface area contributed by atoms with Crippen LogP contribution in [0.5, 0.6) is 0 Å². The first-order valence-electron chi connectivity index (χ1n) is 3.41. The number of nitrogens with one attached hydrogen (secondary N) is 3. The summed E-state index contributed by atoms with van der Waals surface area (Å²) in [6.45, 7) is 1.97. The van der Waals surface area contributed by atoms with Gasteiger partial charge in [0.05, 0.1) is 5.69 Å². The van der Waals surface area contributed by atoms with Crippen LogP contribution in [-0.4, -0.2) is 22.4 Å². The standard InChI is InChI=1S/C7H10N4.H2/c1-2-7-10-5(3-8)6(4-9)11-7;/h3-4,8-9H,2H2,1H3,(H,10,11);1H. The number of rotatable bonds is 3. The minimum Gasteiger partial charge on any atom is -0.341 e. The molecule has 3 N–H and O–H groups in total. The lowest BCUT2D eigenvalue weighted by Crippen LogP contribution is -1.86. The van der Waals surface area contributed by atoms with Crippen LogP contribution >= 0.6 is 0 Å². The van der Waals surface area contributed by atoms with Gasteiger partial charge in [-0.15, -0.1) is 0 Å². The molecule has 0 aromatic carbocycles. The molecule has 11 heavy (non-hydrogen) atoms. The molecule has 1 heterocycles. The summed E-state index contributed by atoms with van der Waals surface area (Å²) in [4.78, 5) is 6.99. The number of aryl methyl sites for hydroxylation is 1. The number of nitrogens with zero attached hydrogens (tertiary/aromatic N) is 1. The minimum atomic E-state index is 0. The highest BCUT2D eigenvalue weighted by Crippen LogP contribution is 2.00. The topological polar surface area (TPSA) is 76.4 Å². The number of aromatic amines is 1. The van der Waals surface area contributed by atoms with Gasteiger partial charge in [-0.25, -0.2) is 4.98 Å². The van der Waals surface area contributed by atoms with Crippen LogP contribution in [0.3, 0.4) is 0 Å². The van der Waals surface area contributed by atoms with Crippen molar-refractivity contribution in [2.75, 3.05) is 0 Å². The lowest BCUT2D eigenvalue weighted by Gasteiger charge is -1.82. The highest BCUT2D eigenvalue weighted by Gasteiger charge is 2.02. The van der Waals surface area contributed by atoms with Crippen molar-refractivity contribution in [3.63, 3.8) is 0 Å². The summed E-state index contributed by atoms with van der Waals surface area (Å²) in [5, 5.41) is 13.9. The van der Waals surface area contributed by atoms with E-state index in [1.807, 2.05) is 6.92 Å². The maximum absolute atomic E-state index is 6.98. The van der Waals surface area contributed by atoms with Crippen LogP contribution < -0.4 is 0 Å². The van der Waals surface area contributed by atoms with E-state index in [9.17, 15) is 0 Å². The Labute approximate surface area is 66.2 Å². The van der Waals surface area contributed by atoms with Gasteiger partial charge in [0.2, 0.25) is 0 Å². The highest BCUT2D eigenvalue weighted by molar-refractivity contribution is 5.88. The van der Waals surface area contributed by atoms with Crippen molar-refractivity contribution in [2.24, 2.45) is 0 Å². The molecule has 0 aliphatic carbocycles. The number of imidazole rings is 1. The molecule has 4 nitrogen and oxygen atoms in total. The molecule has 0 aliphatic heterocycles. The van der Waals surface area contributed by atoms with Gasteiger partial charge < -0.3 is 15.8 Å². The first kappa shape index (κ1) is 7.65. The maximum atomic E-state index is 6.98. The van der Waals surface area contributed by atoms with E-state index < -0.39 is 0 Å². The predicted molar refractivity (Wildman–Crippen MR) is 45.9 cm³/mol. The van der Waals surface area contributed by atoms with E-state index in [0.29, 0.717) is 11.4 Å². The van der Waals surface area contributed by atoms with Gasteiger partial charge in [0.15, 0.2) is 0 Å². The summed E-state index contributed by atoms with van der Waals surface area (Å²) in [5.74, 6) is 0.821. The second kappa shape index (κ2) is 3.09. The Morgan fingerprint density at radius 2 is 2.27 bits per heavy atom. The quantitative estimate of drug-likeness (QED) is 0.559. The molecule has 0 amide bonds. The Hall–Kier alpha value is -1.45. The van der Waals surface area contributed by atoms with Crippen molar-refractivity contribution in [3.05, 3.63) is 17.2 Å². The van der Waals surface area contributed by atoms with Crippen molar-refractivity contribution >= 4 is 12.4 Å². The summed E-state index contributed by atoms with van der Waals surface area (Å²) in [5.41, 5.74) is 1.15. The Kier molecular flexibility index (Phi) is 2.15. The SMILES string of the molecule is CCc1nc(C=N)c(C=N)[nH]1.[HH]. The third-order valence-corrected chi connectivity index (χ3v) is 1.43. The van der Waals surface area contributed by atoms with E-state index in [-0.39, 0.29) is 1.43 Å². The molecule has 0 atom stereocenters. The Balaban J connectivity index is 0.00000121. The number of H-pyrrole nitrogens is 1. The maximum Gasteiger partial charge on any atom is 0.108 e. The Morgan fingerprint density at radius 3 is 2.64 bits per heavy atom. The molecule has 0 bridgehead atoms. The summed E-state index contributed by atoms with van der Waals surface area (Å²) in [7, 11) is 0. The normalized spacial score (nSPS) is 9.55. The molecule has 0 unspecified atom stereocenters. The van der Waals surface area contributed by atoms with Gasteiger partial charge in [-0.3, -0.25) is 0 Å². The van der Waals surface area contributed by atoms with Crippen molar-refractivity contribution < 1.29 is 1.43 Å². The van der Waals surface area contributed by atoms with Gasteiger partial charge in [-0.1, -0.05) is 6.92 Å². The molecule has 0 fully saturated rings. The lowest BCUT2D eigenvalue weighted by atomic mass is 10.4. The van der Waals surface area contributed by atoms with Gasteiger partial charge in [-0.2, -0.15) is 0 Å². The van der Waals surface area contributed by atoms with Crippen LogP contribution in [-0.2, 0) is 6.42 Å². The number of hydrogen-bond donors (Lipinski definition) is 3. The third kappa shape index (κ3) is 1.34. The van der Waals surface area contributed by atoms with Gasteiger partial charge in [-0.05, 0) is 0 Å². The van der Waals surface area contributed by atoms with Gasteiger partial charge >= 0.3 is 0 Å². The molecule has 0 saturated carbocycles. The first-order valence-corrected chi connectivity index (χ1v) is 3.41. The molecule has 60 valence electrons. The molecule has 4 heteroatoms. The molecule has 1 rings (SSSR count). The average Bonchev–Trinajstić information content (AvgIpc) is 2.46.